The lowest BCUT2D eigenvalue weighted by Crippen LogP contribution is -2.26. The second-order valence-electron chi connectivity index (χ2n) is 4.46. The number of nitrogen functional groups attached to an aromatic ring is 1. The zero-order chi connectivity index (χ0) is 11.4. The third-order valence-corrected chi connectivity index (χ3v) is 5.23. The fourth-order valence-corrected chi connectivity index (χ4v) is 4.67. The van der Waals surface area contributed by atoms with Gasteiger partial charge in [0.05, 0.1) is 10.6 Å². The molecule has 4 nitrogen and oxygen atoms in total. The van der Waals surface area contributed by atoms with Gasteiger partial charge in [-0.25, -0.2) is 8.42 Å². The van der Waals surface area contributed by atoms with Crippen molar-refractivity contribution in [1.82, 2.24) is 0 Å². The van der Waals surface area contributed by atoms with E-state index >= 15 is 0 Å². The second-order valence-corrected chi connectivity index (χ2v) is 6.42. The summed E-state index contributed by atoms with van der Waals surface area (Å²) in [5, 5.41) is 0. The zero-order valence-electron chi connectivity index (χ0n) is 8.77. The van der Waals surface area contributed by atoms with Gasteiger partial charge in [-0.2, -0.15) is 0 Å². The van der Waals surface area contributed by atoms with E-state index in [1.165, 1.54) is 0 Å². The molecule has 86 valence electrons. The summed E-state index contributed by atoms with van der Waals surface area (Å²) in [5.41, 5.74) is 6.44. The molecule has 2 aliphatic heterocycles. The highest BCUT2D eigenvalue weighted by Crippen LogP contribution is 2.47. The van der Waals surface area contributed by atoms with Gasteiger partial charge < -0.3 is 10.5 Å². The second kappa shape index (κ2) is 2.99. The first-order valence-corrected chi connectivity index (χ1v) is 6.96. The van der Waals surface area contributed by atoms with Crippen LogP contribution in [0.15, 0.2) is 23.1 Å². The molecule has 0 radical (unpaired) electrons. The van der Waals surface area contributed by atoms with Crippen molar-refractivity contribution in [3.05, 3.63) is 23.8 Å². The Morgan fingerprint density at radius 2 is 2.19 bits per heavy atom. The highest BCUT2D eigenvalue weighted by atomic mass is 32.2. The highest BCUT2D eigenvalue weighted by Gasteiger charge is 2.49. The fourth-order valence-electron chi connectivity index (χ4n) is 2.66. The monoisotopic (exact) mass is 239 g/mol. The average Bonchev–Trinajstić information content (AvgIpc) is 2.73. The fraction of sp³-hybridized carbons (Fsp3) is 0.455. The Morgan fingerprint density at radius 3 is 2.88 bits per heavy atom. The van der Waals surface area contributed by atoms with Crippen LogP contribution < -0.4 is 5.73 Å². The largest absolute Gasteiger partial charge is 0.399 e. The van der Waals surface area contributed by atoms with Gasteiger partial charge in [0.25, 0.3) is 0 Å². The van der Waals surface area contributed by atoms with E-state index < -0.39 is 15.4 Å². The third kappa shape index (κ3) is 1.21. The number of anilines is 1. The van der Waals surface area contributed by atoms with Crippen molar-refractivity contribution in [2.24, 2.45) is 0 Å². The number of fused-ring (bicyclic) bond motifs is 2. The van der Waals surface area contributed by atoms with Gasteiger partial charge in [-0.15, -0.1) is 0 Å². The number of benzene rings is 1. The molecule has 2 heterocycles. The molecule has 1 fully saturated rings. The first-order chi connectivity index (χ1) is 7.54. The quantitative estimate of drug-likeness (QED) is 0.687. The van der Waals surface area contributed by atoms with Crippen molar-refractivity contribution in [3.63, 3.8) is 0 Å². The number of sulfone groups is 1. The maximum atomic E-state index is 12.0. The molecule has 2 aliphatic rings. The van der Waals surface area contributed by atoms with Gasteiger partial charge in [-0.05, 0) is 31.0 Å². The van der Waals surface area contributed by atoms with E-state index in [-0.39, 0.29) is 5.75 Å². The van der Waals surface area contributed by atoms with Gasteiger partial charge in [-0.1, -0.05) is 0 Å². The summed E-state index contributed by atoms with van der Waals surface area (Å²) < 4.78 is 29.7. The van der Waals surface area contributed by atoms with Crippen molar-refractivity contribution < 1.29 is 13.2 Å². The predicted molar refractivity (Wildman–Crippen MR) is 59.8 cm³/mol. The Morgan fingerprint density at radius 1 is 1.38 bits per heavy atom. The summed E-state index contributed by atoms with van der Waals surface area (Å²) in [6.07, 6.45) is 1.67. The first kappa shape index (κ1) is 10.1. The molecule has 1 atom stereocenters. The van der Waals surface area contributed by atoms with Crippen LogP contribution in [-0.2, 0) is 20.2 Å². The molecule has 1 aromatic rings. The molecule has 0 amide bonds. The molecule has 0 aliphatic carbocycles. The summed E-state index contributed by atoms with van der Waals surface area (Å²) in [6, 6.07) is 4.96. The lowest BCUT2D eigenvalue weighted by Gasteiger charge is -2.22. The van der Waals surface area contributed by atoms with Crippen molar-refractivity contribution >= 4 is 15.5 Å². The molecule has 1 saturated heterocycles. The van der Waals surface area contributed by atoms with Gasteiger partial charge in [0.1, 0.15) is 5.60 Å². The number of hydrogen-bond acceptors (Lipinski definition) is 4. The van der Waals surface area contributed by atoms with Crippen molar-refractivity contribution in [2.45, 2.75) is 23.3 Å². The lowest BCUT2D eigenvalue weighted by molar-refractivity contribution is 0.0215. The van der Waals surface area contributed by atoms with Crippen molar-refractivity contribution in [1.29, 1.82) is 0 Å². The molecule has 1 unspecified atom stereocenters. The SMILES string of the molecule is Nc1ccc2c(c1)C1(CCCO1)CS2(=O)=O. The molecule has 1 aromatic carbocycles. The summed E-state index contributed by atoms with van der Waals surface area (Å²) in [6.45, 7) is 0.629. The topological polar surface area (TPSA) is 69.4 Å². The summed E-state index contributed by atoms with van der Waals surface area (Å²) in [4.78, 5) is 0.392. The van der Waals surface area contributed by atoms with E-state index in [0.29, 0.717) is 17.2 Å². The van der Waals surface area contributed by atoms with Crippen LogP contribution in [0.1, 0.15) is 18.4 Å². The molecule has 0 bridgehead atoms. The average molecular weight is 239 g/mol. The summed E-state index contributed by atoms with van der Waals surface area (Å²) >= 11 is 0. The summed E-state index contributed by atoms with van der Waals surface area (Å²) in [5.74, 6) is 0.0682. The molecule has 16 heavy (non-hydrogen) atoms. The molecule has 0 aromatic heterocycles. The zero-order valence-corrected chi connectivity index (χ0v) is 9.59. The third-order valence-electron chi connectivity index (χ3n) is 3.36. The highest BCUT2D eigenvalue weighted by molar-refractivity contribution is 7.91. The Kier molecular flexibility index (Phi) is 1.89. The van der Waals surface area contributed by atoms with E-state index in [1.54, 1.807) is 18.2 Å². The van der Waals surface area contributed by atoms with Crippen LogP contribution in [0.3, 0.4) is 0 Å². The number of rotatable bonds is 0. The van der Waals surface area contributed by atoms with Gasteiger partial charge in [0, 0.05) is 17.9 Å². The number of ether oxygens (including phenoxy) is 1. The van der Waals surface area contributed by atoms with Crippen LogP contribution >= 0.6 is 0 Å². The number of nitrogens with two attached hydrogens (primary N) is 1. The number of hydrogen-bond donors (Lipinski definition) is 1. The predicted octanol–water partition coefficient (Wildman–Crippen LogP) is 1.06. The van der Waals surface area contributed by atoms with Crippen molar-refractivity contribution in [2.75, 3.05) is 18.1 Å². The van der Waals surface area contributed by atoms with Crippen LogP contribution in [-0.4, -0.2) is 20.8 Å². The Bertz CT molecular complexity index is 544. The smallest absolute Gasteiger partial charge is 0.181 e. The van der Waals surface area contributed by atoms with Crippen LogP contribution in [0.5, 0.6) is 0 Å². The van der Waals surface area contributed by atoms with Crippen LogP contribution in [0.25, 0.3) is 0 Å². The minimum absolute atomic E-state index is 0.0682. The summed E-state index contributed by atoms with van der Waals surface area (Å²) in [7, 11) is -3.19. The van der Waals surface area contributed by atoms with Gasteiger partial charge in [0.2, 0.25) is 0 Å². The molecule has 0 saturated carbocycles. The van der Waals surface area contributed by atoms with Crippen molar-refractivity contribution in [3.8, 4) is 0 Å². The molecule has 2 N–H and O–H groups in total. The standard InChI is InChI=1S/C11H13NO3S/c12-8-2-3-10-9(6-8)11(4-1-5-15-11)7-16(10,13)14/h2-3,6H,1,4-5,7,12H2. The minimum atomic E-state index is -3.19. The van der Waals surface area contributed by atoms with Crippen LogP contribution in [0.2, 0.25) is 0 Å². The molecule has 3 rings (SSSR count). The lowest BCUT2D eigenvalue weighted by atomic mass is 9.93. The molecular weight excluding hydrogens is 226 g/mol. The van der Waals surface area contributed by atoms with Gasteiger partial charge >= 0.3 is 0 Å². The Hall–Kier alpha value is -1.07. The van der Waals surface area contributed by atoms with E-state index in [2.05, 4.69) is 0 Å². The van der Waals surface area contributed by atoms with E-state index in [0.717, 1.165) is 18.4 Å². The first-order valence-electron chi connectivity index (χ1n) is 5.30. The Balaban J connectivity index is 2.28. The molecular formula is C11H13NO3S. The Labute approximate surface area is 94.3 Å². The van der Waals surface area contributed by atoms with Gasteiger partial charge in [-0.3, -0.25) is 0 Å². The van der Waals surface area contributed by atoms with E-state index in [9.17, 15) is 8.42 Å². The normalized spacial score (nSPS) is 30.8. The maximum absolute atomic E-state index is 12.0. The molecule has 5 heteroatoms. The maximum Gasteiger partial charge on any atom is 0.181 e. The van der Waals surface area contributed by atoms with Crippen LogP contribution in [0, 0.1) is 0 Å². The van der Waals surface area contributed by atoms with E-state index in [1.807, 2.05) is 0 Å². The van der Waals surface area contributed by atoms with E-state index in [4.69, 9.17) is 10.5 Å². The van der Waals surface area contributed by atoms with Gasteiger partial charge in [0.15, 0.2) is 9.84 Å². The van der Waals surface area contributed by atoms with Crippen LogP contribution in [0.4, 0.5) is 5.69 Å². The minimum Gasteiger partial charge on any atom is -0.399 e. The molecule has 1 spiro atoms.